The Morgan fingerprint density at radius 3 is 2.38 bits per heavy atom. The van der Waals surface area contributed by atoms with Gasteiger partial charge in [-0.25, -0.2) is 17.6 Å². The van der Waals surface area contributed by atoms with E-state index in [1.807, 2.05) is 0 Å². The first kappa shape index (κ1) is 21.8. The SMILES string of the molecule is Cc1ccc(Cl)cc1S(=O)(=O)Nc1ccc(-c2cc(C(=O)O)ccc2F)c2ccccc12. The molecular weight excluding hydrogens is 453 g/mol. The molecule has 0 spiro atoms. The van der Waals surface area contributed by atoms with Gasteiger partial charge in [-0.15, -0.1) is 0 Å². The first-order valence-corrected chi connectivity index (χ1v) is 11.4. The number of fused-ring (bicyclic) bond motifs is 1. The van der Waals surface area contributed by atoms with Crippen LogP contribution in [0.2, 0.25) is 5.02 Å². The van der Waals surface area contributed by atoms with Crippen molar-refractivity contribution in [1.82, 2.24) is 0 Å². The molecule has 162 valence electrons. The summed E-state index contributed by atoms with van der Waals surface area (Å²) >= 11 is 5.99. The fourth-order valence-electron chi connectivity index (χ4n) is 3.55. The molecule has 0 atom stereocenters. The summed E-state index contributed by atoms with van der Waals surface area (Å²) < 4.78 is 43.3. The van der Waals surface area contributed by atoms with Gasteiger partial charge >= 0.3 is 5.97 Å². The van der Waals surface area contributed by atoms with Crippen LogP contribution >= 0.6 is 11.6 Å². The summed E-state index contributed by atoms with van der Waals surface area (Å²) in [7, 11) is -3.95. The molecule has 32 heavy (non-hydrogen) atoms. The summed E-state index contributed by atoms with van der Waals surface area (Å²) in [4.78, 5) is 11.4. The van der Waals surface area contributed by atoms with Crippen LogP contribution in [0.5, 0.6) is 0 Å². The Labute approximate surface area is 189 Å². The van der Waals surface area contributed by atoms with Crippen LogP contribution in [0.3, 0.4) is 0 Å². The third kappa shape index (κ3) is 4.04. The maximum atomic E-state index is 14.6. The molecule has 8 heteroatoms. The number of benzene rings is 4. The van der Waals surface area contributed by atoms with Gasteiger partial charge in [0.25, 0.3) is 10.0 Å². The Morgan fingerprint density at radius 2 is 1.66 bits per heavy atom. The average molecular weight is 470 g/mol. The lowest BCUT2D eigenvalue weighted by atomic mass is 9.95. The van der Waals surface area contributed by atoms with Gasteiger partial charge in [-0.2, -0.15) is 0 Å². The quantitative estimate of drug-likeness (QED) is 0.369. The van der Waals surface area contributed by atoms with E-state index in [-0.39, 0.29) is 16.0 Å². The van der Waals surface area contributed by atoms with Gasteiger partial charge < -0.3 is 5.11 Å². The summed E-state index contributed by atoms with van der Waals surface area (Å²) in [5, 5.41) is 10.7. The molecule has 0 radical (unpaired) electrons. The Hall–Kier alpha value is -3.42. The van der Waals surface area contributed by atoms with E-state index >= 15 is 0 Å². The maximum absolute atomic E-state index is 14.6. The predicted molar refractivity (Wildman–Crippen MR) is 123 cm³/mol. The standard InChI is InChI=1S/C24H17ClFNO4S/c1-14-6-8-16(25)13-23(14)32(30,31)27-22-11-9-18(17-4-2-3-5-19(17)22)20-12-15(24(28)29)7-10-21(20)26/h2-13,27H,1H3,(H,28,29). The normalized spacial score (nSPS) is 11.5. The van der Waals surface area contributed by atoms with Crippen molar-refractivity contribution < 1.29 is 22.7 Å². The lowest BCUT2D eigenvalue weighted by molar-refractivity contribution is 0.0697. The molecule has 0 saturated carbocycles. The molecule has 0 unspecified atom stereocenters. The maximum Gasteiger partial charge on any atom is 0.335 e. The highest BCUT2D eigenvalue weighted by Crippen LogP contribution is 2.36. The Morgan fingerprint density at radius 1 is 0.938 bits per heavy atom. The first-order chi connectivity index (χ1) is 15.2. The van der Waals surface area contributed by atoms with Crippen molar-refractivity contribution in [3.8, 4) is 11.1 Å². The fourth-order valence-corrected chi connectivity index (χ4v) is 5.14. The summed E-state index contributed by atoms with van der Waals surface area (Å²) in [6.07, 6.45) is 0. The third-order valence-corrected chi connectivity index (χ3v) is 6.85. The van der Waals surface area contributed by atoms with Gasteiger partial charge in [-0.3, -0.25) is 4.72 Å². The highest BCUT2D eigenvalue weighted by Gasteiger charge is 2.20. The largest absolute Gasteiger partial charge is 0.478 e. The number of rotatable bonds is 5. The second-order valence-electron chi connectivity index (χ2n) is 7.22. The molecule has 0 aliphatic carbocycles. The molecule has 0 heterocycles. The van der Waals surface area contributed by atoms with Crippen LogP contribution in [0.4, 0.5) is 10.1 Å². The number of hydrogen-bond acceptors (Lipinski definition) is 3. The van der Waals surface area contributed by atoms with Crippen LogP contribution in [-0.4, -0.2) is 19.5 Å². The Kier molecular flexibility index (Phi) is 5.62. The number of carboxylic acids is 1. The van der Waals surface area contributed by atoms with E-state index in [9.17, 15) is 22.7 Å². The van der Waals surface area contributed by atoms with Gasteiger partial charge in [0.15, 0.2) is 0 Å². The van der Waals surface area contributed by atoms with E-state index in [4.69, 9.17) is 11.6 Å². The zero-order valence-electron chi connectivity index (χ0n) is 16.8. The van der Waals surface area contributed by atoms with Crippen LogP contribution in [0.15, 0.2) is 77.7 Å². The number of sulfonamides is 1. The zero-order chi connectivity index (χ0) is 23.0. The predicted octanol–water partition coefficient (Wildman–Crippen LogP) is 6.11. The monoisotopic (exact) mass is 469 g/mol. The van der Waals surface area contributed by atoms with Gasteiger partial charge in [0.1, 0.15) is 5.82 Å². The van der Waals surface area contributed by atoms with E-state index in [1.165, 1.54) is 24.3 Å². The van der Waals surface area contributed by atoms with Crippen LogP contribution in [-0.2, 0) is 10.0 Å². The molecule has 4 aromatic rings. The van der Waals surface area contributed by atoms with Gasteiger partial charge in [0.2, 0.25) is 0 Å². The molecule has 2 N–H and O–H groups in total. The van der Waals surface area contributed by atoms with E-state index < -0.39 is 21.8 Å². The fraction of sp³-hybridized carbons (Fsp3) is 0.0417. The lowest BCUT2D eigenvalue weighted by Crippen LogP contribution is -2.14. The number of carbonyl (C=O) groups is 1. The smallest absolute Gasteiger partial charge is 0.335 e. The van der Waals surface area contributed by atoms with Crippen LogP contribution in [0.25, 0.3) is 21.9 Å². The number of aromatic carboxylic acids is 1. The first-order valence-electron chi connectivity index (χ1n) is 9.51. The molecule has 0 fully saturated rings. The van der Waals surface area contributed by atoms with E-state index in [1.54, 1.807) is 49.4 Å². The summed E-state index contributed by atoms with van der Waals surface area (Å²) in [6, 6.07) is 18.2. The van der Waals surface area contributed by atoms with Crippen LogP contribution in [0, 0.1) is 12.7 Å². The number of anilines is 1. The molecule has 5 nitrogen and oxygen atoms in total. The van der Waals surface area contributed by atoms with Crippen molar-refractivity contribution in [2.45, 2.75) is 11.8 Å². The summed E-state index contributed by atoms with van der Waals surface area (Å²) in [5.41, 5.74) is 1.35. The molecule has 0 bridgehead atoms. The number of carboxylic acid groups (broad SMARTS) is 1. The molecule has 0 saturated heterocycles. The molecular formula is C24H17ClFNO4S. The number of nitrogens with one attached hydrogen (secondary N) is 1. The molecule has 0 aliphatic heterocycles. The lowest BCUT2D eigenvalue weighted by Gasteiger charge is -2.15. The van der Waals surface area contributed by atoms with Gasteiger partial charge in [-0.05, 0) is 59.8 Å². The van der Waals surface area contributed by atoms with E-state index in [0.717, 1.165) is 6.07 Å². The van der Waals surface area contributed by atoms with Crippen molar-refractivity contribution in [2.75, 3.05) is 4.72 Å². The molecule has 0 amide bonds. The summed E-state index contributed by atoms with van der Waals surface area (Å²) in [6.45, 7) is 1.67. The Balaban J connectivity index is 1.86. The second kappa shape index (κ2) is 8.26. The molecule has 0 aromatic heterocycles. The highest BCUT2D eigenvalue weighted by atomic mass is 35.5. The molecule has 4 aromatic carbocycles. The van der Waals surface area contributed by atoms with Crippen molar-refractivity contribution in [1.29, 1.82) is 0 Å². The minimum Gasteiger partial charge on any atom is -0.478 e. The summed E-state index contributed by atoms with van der Waals surface area (Å²) in [5.74, 6) is -1.75. The zero-order valence-corrected chi connectivity index (χ0v) is 18.3. The van der Waals surface area contributed by atoms with E-state index in [0.29, 0.717) is 32.6 Å². The van der Waals surface area contributed by atoms with Gasteiger partial charge in [0, 0.05) is 16.0 Å². The minimum atomic E-state index is -3.95. The number of hydrogen-bond donors (Lipinski definition) is 2. The minimum absolute atomic E-state index is 0.0494. The second-order valence-corrected chi connectivity index (χ2v) is 9.31. The van der Waals surface area contributed by atoms with Crippen molar-refractivity contribution in [3.63, 3.8) is 0 Å². The molecule has 4 rings (SSSR count). The van der Waals surface area contributed by atoms with Crippen molar-refractivity contribution in [2.24, 2.45) is 0 Å². The number of aryl methyl sites for hydroxylation is 1. The van der Waals surface area contributed by atoms with Gasteiger partial charge in [0.05, 0.1) is 16.1 Å². The van der Waals surface area contributed by atoms with E-state index in [2.05, 4.69) is 4.72 Å². The van der Waals surface area contributed by atoms with Gasteiger partial charge in [-0.1, -0.05) is 48.0 Å². The topological polar surface area (TPSA) is 83.5 Å². The third-order valence-electron chi connectivity index (χ3n) is 5.11. The van der Waals surface area contributed by atoms with Crippen LogP contribution < -0.4 is 4.72 Å². The average Bonchev–Trinajstić information content (AvgIpc) is 2.76. The highest BCUT2D eigenvalue weighted by molar-refractivity contribution is 7.92. The van der Waals surface area contributed by atoms with Crippen LogP contribution in [0.1, 0.15) is 15.9 Å². The van der Waals surface area contributed by atoms with Crippen molar-refractivity contribution in [3.05, 3.63) is 94.8 Å². The number of halogens is 2. The van der Waals surface area contributed by atoms with Crippen molar-refractivity contribution >= 4 is 44.1 Å². The Bertz CT molecular complexity index is 1490. The molecule has 0 aliphatic rings.